The largest absolute Gasteiger partial charge is 0.342 e. The fourth-order valence-electron chi connectivity index (χ4n) is 0.981. The molecule has 1 aromatic carbocycles. The molecule has 0 aromatic heterocycles. The van der Waals surface area contributed by atoms with E-state index in [1.807, 2.05) is 0 Å². The fourth-order valence-corrected chi connectivity index (χ4v) is 1.43. The molecule has 0 aliphatic rings. The van der Waals surface area contributed by atoms with Gasteiger partial charge in [-0.2, -0.15) is 0 Å². The van der Waals surface area contributed by atoms with Gasteiger partial charge in [0, 0.05) is 0 Å². The van der Waals surface area contributed by atoms with Crippen LogP contribution in [0, 0.1) is 5.82 Å². The first kappa shape index (κ1) is 11.3. The molecular weight excluding hydrogens is 208 g/mol. The molecule has 0 heterocycles. The average molecular weight is 219 g/mol. The van der Waals surface area contributed by atoms with Gasteiger partial charge in [-0.1, -0.05) is 12.1 Å². The molecule has 0 aliphatic carbocycles. The highest BCUT2D eigenvalue weighted by molar-refractivity contribution is 7.52. The zero-order valence-electron chi connectivity index (χ0n) is 7.30. The van der Waals surface area contributed by atoms with Gasteiger partial charge in [-0.05, 0) is 24.1 Å². The van der Waals surface area contributed by atoms with Crippen LogP contribution in [0.15, 0.2) is 24.3 Å². The third-order valence-electron chi connectivity index (χ3n) is 1.79. The summed E-state index contributed by atoms with van der Waals surface area (Å²) in [7, 11) is -4.25. The predicted octanol–water partition coefficient (Wildman–Crippen LogP) is 0.831. The van der Waals surface area contributed by atoms with Crippen molar-refractivity contribution in [2.75, 3.05) is 0 Å². The highest BCUT2D eigenvalue weighted by Gasteiger charge is 2.24. The Labute approximate surface area is 80.7 Å². The standard InChI is InChI=1S/C8H11FNO3P/c9-7-3-1-6(2-4-7)5-8(10)14(11,12)13/h1-4,8H,5,10H2,(H2,11,12,13). The molecule has 1 rings (SSSR count). The second-order valence-electron chi connectivity index (χ2n) is 2.99. The first-order valence-electron chi connectivity index (χ1n) is 3.95. The van der Waals surface area contributed by atoms with Crippen LogP contribution in [0.25, 0.3) is 0 Å². The molecule has 4 N–H and O–H groups in total. The lowest BCUT2D eigenvalue weighted by atomic mass is 10.1. The van der Waals surface area contributed by atoms with Gasteiger partial charge >= 0.3 is 7.60 Å². The number of hydrogen-bond acceptors (Lipinski definition) is 2. The van der Waals surface area contributed by atoms with Crippen molar-refractivity contribution in [1.82, 2.24) is 0 Å². The van der Waals surface area contributed by atoms with Crippen LogP contribution >= 0.6 is 7.60 Å². The molecule has 0 saturated heterocycles. The topological polar surface area (TPSA) is 83.6 Å². The van der Waals surface area contributed by atoms with E-state index < -0.39 is 19.2 Å². The first-order chi connectivity index (χ1) is 6.39. The fraction of sp³-hybridized carbons (Fsp3) is 0.250. The zero-order chi connectivity index (χ0) is 10.8. The van der Waals surface area contributed by atoms with E-state index in [9.17, 15) is 8.96 Å². The van der Waals surface area contributed by atoms with E-state index in [1.165, 1.54) is 24.3 Å². The van der Waals surface area contributed by atoms with Crippen molar-refractivity contribution in [1.29, 1.82) is 0 Å². The van der Waals surface area contributed by atoms with Gasteiger partial charge in [0.25, 0.3) is 0 Å². The van der Waals surface area contributed by atoms with Crippen molar-refractivity contribution in [3.63, 3.8) is 0 Å². The van der Waals surface area contributed by atoms with Crippen molar-refractivity contribution >= 4 is 7.60 Å². The summed E-state index contributed by atoms with van der Waals surface area (Å²) in [6.45, 7) is 0. The van der Waals surface area contributed by atoms with Crippen LogP contribution in [0.1, 0.15) is 5.56 Å². The first-order valence-corrected chi connectivity index (χ1v) is 5.63. The van der Waals surface area contributed by atoms with Crippen molar-refractivity contribution < 1.29 is 18.7 Å². The number of hydrogen-bond donors (Lipinski definition) is 3. The molecule has 78 valence electrons. The molecule has 0 radical (unpaired) electrons. The molecule has 0 amide bonds. The molecule has 0 bridgehead atoms. The lowest BCUT2D eigenvalue weighted by molar-refractivity contribution is 0.358. The number of nitrogens with two attached hydrogens (primary N) is 1. The molecule has 14 heavy (non-hydrogen) atoms. The van der Waals surface area contributed by atoms with E-state index in [0.29, 0.717) is 5.56 Å². The van der Waals surface area contributed by atoms with Gasteiger partial charge < -0.3 is 15.5 Å². The molecule has 1 unspecified atom stereocenters. The minimum atomic E-state index is -4.25. The van der Waals surface area contributed by atoms with Gasteiger partial charge in [0.2, 0.25) is 0 Å². The average Bonchev–Trinajstić information content (AvgIpc) is 2.07. The van der Waals surface area contributed by atoms with E-state index in [4.69, 9.17) is 15.5 Å². The Morgan fingerprint density at radius 1 is 1.36 bits per heavy atom. The van der Waals surface area contributed by atoms with Gasteiger partial charge in [0.15, 0.2) is 0 Å². The number of rotatable bonds is 3. The molecule has 0 fully saturated rings. The van der Waals surface area contributed by atoms with Crippen LogP contribution in [0.4, 0.5) is 4.39 Å². The van der Waals surface area contributed by atoms with E-state index in [1.54, 1.807) is 0 Å². The number of halogens is 1. The molecular formula is C8H11FNO3P. The third kappa shape index (κ3) is 3.20. The van der Waals surface area contributed by atoms with Crippen LogP contribution in [-0.2, 0) is 11.0 Å². The summed E-state index contributed by atoms with van der Waals surface area (Å²) in [5.74, 6) is -1.62. The van der Waals surface area contributed by atoms with Crippen molar-refractivity contribution in [3.8, 4) is 0 Å². The molecule has 4 nitrogen and oxygen atoms in total. The summed E-state index contributed by atoms with van der Waals surface area (Å²) in [4.78, 5) is 17.4. The van der Waals surface area contributed by atoms with Gasteiger partial charge in [-0.3, -0.25) is 4.57 Å². The molecule has 0 saturated carbocycles. The van der Waals surface area contributed by atoms with Gasteiger partial charge in [0.1, 0.15) is 11.6 Å². The quantitative estimate of drug-likeness (QED) is 0.657. The van der Waals surface area contributed by atoms with E-state index in [0.717, 1.165) is 0 Å². The summed E-state index contributed by atoms with van der Waals surface area (Å²) in [6.07, 6.45) is 0.0323. The second-order valence-corrected chi connectivity index (χ2v) is 4.83. The van der Waals surface area contributed by atoms with Crippen LogP contribution < -0.4 is 5.73 Å². The summed E-state index contributed by atoms with van der Waals surface area (Å²) in [5, 5.41) is 0. The Morgan fingerprint density at radius 3 is 2.29 bits per heavy atom. The third-order valence-corrected chi connectivity index (χ3v) is 2.84. The molecule has 1 atom stereocenters. The van der Waals surface area contributed by atoms with Gasteiger partial charge in [-0.15, -0.1) is 0 Å². The molecule has 0 aliphatic heterocycles. The highest BCUT2D eigenvalue weighted by atomic mass is 31.2. The van der Waals surface area contributed by atoms with Gasteiger partial charge in [-0.25, -0.2) is 4.39 Å². The normalized spacial score (nSPS) is 14.0. The van der Waals surface area contributed by atoms with Crippen molar-refractivity contribution in [2.45, 2.75) is 12.2 Å². The minimum absolute atomic E-state index is 0.0323. The summed E-state index contributed by atoms with van der Waals surface area (Å²) in [5.41, 5.74) is 5.86. The van der Waals surface area contributed by atoms with Crippen molar-refractivity contribution in [2.24, 2.45) is 5.73 Å². The Kier molecular flexibility index (Phi) is 3.39. The lowest BCUT2D eigenvalue weighted by Gasteiger charge is -2.12. The second kappa shape index (κ2) is 4.19. The predicted molar refractivity (Wildman–Crippen MR) is 50.1 cm³/mol. The van der Waals surface area contributed by atoms with Gasteiger partial charge in [0.05, 0.1) is 0 Å². The Balaban J connectivity index is 2.70. The maximum atomic E-state index is 12.5. The van der Waals surface area contributed by atoms with Crippen LogP contribution in [0.5, 0.6) is 0 Å². The van der Waals surface area contributed by atoms with Crippen LogP contribution in [0.3, 0.4) is 0 Å². The molecule has 0 spiro atoms. The Hall–Kier alpha value is -0.740. The number of benzene rings is 1. The van der Waals surface area contributed by atoms with Crippen LogP contribution in [-0.4, -0.2) is 15.6 Å². The lowest BCUT2D eigenvalue weighted by Crippen LogP contribution is -2.22. The summed E-state index contributed by atoms with van der Waals surface area (Å²) in [6, 6.07) is 5.35. The summed E-state index contributed by atoms with van der Waals surface area (Å²) < 4.78 is 23.2. The van der Waals surface area contributed by atoms with Crippen LogP contribution in [0.2, 0.25) is 0 Å². The maximum absolute atomic E-state index is 12.5. The maximum Gasteiger partial charge on any atom is 0.342 e. The van der Waals surface area contributed by atoms with E-state index in [2.05, 4.69) is 0 Å². The highest BCUT2D eigenvalue weighted by Crippen LogP contribution is 2.39. The zero-order valence-corrected chi connectivity index (χ0v) is 8.19. The Bertz CT molecular complexity index is 348. The Morgan fingerprint density at radius 2 is 1.86 bits per heavy atom. The van der Waals surface area contributed by atoms with E-state index in [-0.39, 0.29) is 6.42 Å². The smallest absolute Gasteiger partial charge is 0.323 e. The molecule has 1 aromatic rings. The minimum Gasteiger partial charge on any atom is -0.323 e. The summed E-state index contributed by atoms with van der Waals surface area (Å²) >= 11 is 0. The SMILES string of the molecule is NC(Cc1ccc(F)cc1)P(=O)(O)O. The van der Waals surface area contributed by atoms with E-state index >= 15 is 0 Å². The molecule has 6 heteroatoms. The monoisotopic (exact) mass is 219 g/mol. The van der Waals surface area contributed by atoms with Crippen molar-refractivity contribution in [3.05, 3.63) is 35.6 Å².